The number of hydrogen-bond donors (Lipinski definition) is 2. The number of aromatic nitrogens is 3. The van der Waals surface area contributed by atoms with Gasteiger partial charge >= 0.3 is 35.7 Å². The van der Waals surface area contributed by atoms with E-state index in [4.69, 9.17) is 0 Å². The van der Waals surface area contributed by atoms with Gasteiger partial charge in [0.2, 0.25) is 5.82 Å². The molecule has 0 aliphatic rings. The van der Waals surface area contributed by atoms with Crippen LogP contribution < -0.4 is 34.7 Å². The van der Waals surface area contributed by atoms with Crippen LogP contribution in [-0.2, 0) is 17.5 Å². The summed E-state index contributed by atoms with van der Waals surface area (Å²) in [7, 11) is 0. The first-order valence-electron chi connectivity index (χ1n) is 9.96. The molecule has 7 nitrogen and oxygen atoms in total. The molecule has 1 aromatic carbocycles. The molecule has 0 bridgehead atoms. The Kier molecular flexibility index (Phi) is 9.77. The van der Waals surface area contributed by atoms with Gasteiger partial charge in [-0.15, -0.1) is 0 Å². The Morgan fingerprint density at radius 1 is 1.09 bits per heavy atom. The predicted octanol–water partition coefficient (Wildman–Crippen LogP) is -0.584. The average molecular weight is 489 g/mol. The van der Waals surface area contributed by atoms with Gasteiger partial charge in [0.15, 0.2) is 0 Å². The zero-order valence-corrected chi connectivity index (χ0v) is 20.2. The molecule has 0 saturated heterocycles. The fraction of sp³-hybridized carbons (Fsp3) is 0.318. The molecule has 0 amide bonds. The smallest absolute Gasteiger partial charge is 0.550 e. The van der Waals surface area contributed by atoms with Crippen LogP contribution in [0.5, 0.6) is 0 Å². The first-order chi connectivity index (χ1) is 15.6. The number of carboxylic acids is 1. The van der Waals surface area contributed by atoms with E-state index in [1.807, 2.05) is 0 Å². The summed E-state index contributed by atoms with van der Waals surface area (Å²) < 4.78 is 55.9. The number of rotatable bonds is 9. The van der Waals surface area contributed by atoms with Gasteiger partial charge < -0.3 is 24.7 Å². The standard InChI is InChI=1S/C22H21F4N3O4.Na/c23-15-5-3-13(4-6-15)19-20(14-2-1-8-27-12-14)29(21(28-19)22(24,25)26)9-7-16(30)10-17(31)11-18(32)33;/h1-6,8,12,16-17,30-31H,7,9-11H2,(H,32,33);/q;+1/p-1/t16-,17-;/m1./s1. The molecule has 176 valence electrons. The average Bonchev–Trinajstić information content (AvgIpc) is 3.13. The van der Waals surface area contributed by atoms with E-state index < -0.39 is 42.4 Å². The summed E-state index contributed by atoms with van der Waals surface area (Å²) >= 11 is 0. The van der Waals surface area contributed by atoms with E-state index in [9.17, 15) is 37.7 Å². The van der Waals surface area contributed by atoms with Gasteiger partial charge in [-0.1, -0.05) is 0 Å². The maximum absolute atomic E-state index is 13.9. The summed E-state index contributed by atoms with van der Waals surface area (Å²) in [4.78, 5) is 18.3. The van der Waals surface area contributed by atoms with Gasteiger partial charge in [-0.05, 0) is 49.2 Å². The normalized spacial score (nSPS) is 13.2. The number of hydrogen-bond acceptors (Lipinski definition) is 6. The summed E-state index contributed by atoms with van der Waals surface area (Å²) in [5.74, 6) is -3.29. The molecular formula is C22H20F4N3NaO4. The number of aliphatic carboxylic acids is 1. The van der Waals surface area contributed by atoms with E-state index in [-0.39, 0.29) is 65.9 Å². The van der Waals surface area contributed by atoms with Gasteiger partial charge in [-0.2, -0.15) is 13.2 Å². The van der Waals surface area contributed by atoms with Gasteiger partial charge in [0.05, 0.1) is 23.6 Å². The quantitative estimate of drug-likeness (QED) is 0.307. The molecule has 2 N–H and O–H groups in total. The number of carboxylic acid groups (broad SMARTS) is 1. The number of nitrogens with zero attached hydrogens (tertiary/aromatic N) is 3. The van der Waals surface area contributed by atoms with Crippen molar-refractivity contribution in [1.82, 2.24) is 14.5 Å². The van der Waals surface area contributed by atoms with Gasteiger partial charge in [-0.25, -0.2) is 9.37 Å². The predicted molar refractivity (Wildman–Crippen MR) is 107 cm³/mol. The van der Waals surface area contributed by atoms with E-state index in [2.05, 4.69) is 9.97 Å². The Bertz CT molecular complexity index is 1090. The largest absolute Gasteiger partial charge is 1.00 e. The first kappa shape index (κ1) is 27.9. The summed E-state index contributed by atoms with van der Waals surface area (Å²) in [6.07, 6.45) is -5.98. The molecule has 0 fully saturated rings. The summed E-state index contributed by atoms with van der Waals surface area (Å²) in [6.45, 7) is -0.341. The Labute approximate surface area is 214 Å². The van der Waals surface area contributed by atoms with Crippen molar-refractivity contribution in [2.75, 3.05) is 0 Å². The van der Waals surface area contributed by atoms with Crippen LogP contribution in [0.4, 0.5) is 17.6 Å². The number of imidazole rings is 1. The Hall–Kier alpha value is -2.31. The number of carbonyl (C=O) groups excluding carboxylic acids is 1. The summed E-state index contributed by atoms with van der Waals surface area (Å²) in [5, 5.41) is 30.4. The van der Waals surface area contributed by atoms with Crippen molar-refractivity contribution in [3.8, 4) is 22.5 Å². The fourth-order valence-electron chi connectivity index (χ4n) is 3.48. The second-order valence-corrected chi connectivity index (χ2v) is 7.44. The minimum atomic E-state index is -4.84. The Morgan fingerprint density at radius 3 is 2.32 bits per heavy atom. The number of aliphatic hydroxyl groups excluding tert-OH is 2. The van der Waals surface area contributed by atoms with Crippen LogP contribution in [0.1, 0.15) is 25.1 Å². The van der Waals surface area contributed by atoms with Gasteiger partial charge in [0.1, 0.15) is 5.82 Å². The van der Waals surface area contributed by atoms with Crippen LogP contribution >= 0.6 is 0 Å². The van der Waals surface area contributed by atoms with Crippen molar-refractivity contribution in [2.45, 2.75) is 44.2 Å². The van der Waals surface area contributed by atoms with Crippen LogP contribution in [0.25, 0.3) is 22.5 Å². The molecule has 2 atom stereocenters. The summed E-state index contributed by atoms with van der Waals surface area (Å²) in [6, 6.07) is 7.93. The van der Waals surface area contributed by atoms with Gasteiger partial charge in [0, 0.05) is 42.5 Å². The van der Waals surface area contributed by atoms with Crippen molar-refractivity contribution in [1.29, 1.82) is 0 Å². The molecule has 0 aliphatic heterocycles. The first-order valence-corrected chi connectivity index (χ1v) is 9.96. The molecule has 0 spiro atoms. The molecule has 3 aromatic rings. The molecule has 12 heteroatoms. The second-order valence-electron chi connectivity index (χ2n) is 7.44. The maximum atomic E-state index is 13.9. The van der Waals surface area contributed by atoms with Crippen LogP contribution in [0.3, 0.4) is 0 Å². The third-order valence-electron chi connectivity index (χ3n) is 4.91. The van der Waals surface area contributed by atoms with Crippen LogP contribution in [-0.4, -0.2) is 42.9 Å². The van der Waals surface area contributed by atoms with Crippen LogP contribution in [0, 0.1) is 5.82 Å². The third-order valence-corrected chi connectivity index (χ3v) is 4.91. The van der Waals surface area contributed by atoms with Crippen LogP contribution in [0.2, 0.25) is 0 Å². The van der Waals surface area contributed by atoms with Gasteiger partial charge in [-0.3, -0.25) is 4.98 Å². The molecule has 3 rings (SSSR count). The number of alkyl halides is 3. The van der Waals surface area contributed by atoms with Crippen LogP contribution in [0.15, 0.2) is 48.8 Å². The number of aliphatic hydroxyl groups is 2. The number of halogens is 4. The monoisotopic (exact) mass is 489 g/mol. The van der Waals surface area contributed by atoms with Crippen molar-refractivity contribution in [3.05, 3.63) is 60.4 Å². The molecule has 0 saturated carbocycles. The minimum Gasteiger partial charge on any atom is -0.550 e. The van der Waals surface area contributed by atoms with E-state index in [0.29, 0.717) is 5.56 Å². The van der Waals surface area contributed by atoms with Crippen molar-refractivity contribution < 1.29 is 67.2 Å². The minimum absolute atomic E-state index is 0. The maximum Gasteiger partial charge on any atom is 1.00 e. The molecule has 0 unspecified atom stereocenters. The van der Waals surface area contributed by atoms with E-state index >= 15 is 0 Å². The molecule has 34 heavy (non-hydrogen) atoms. The third kappa shape index (κ3) is 7.09. The summed E-state index contributed by atoms with van der Waals surface area (Å²) in [5.41, 5.74) is 0.613. The zero-order valence-electron chi connectivity index (χ0n) is 18.2. The second kappa shape index (κ2) is 11.9. The fourth-order valence-corrected chi connectivity index (χ4v) is 3.48. The number of pyridine rings is 1. The number of carbonyl (C=O) groups is 1. The van der Waals surface area contributed by atoms with E-state index in [1.54, 1.807) is 12.1 Å². The molecule has 2 heterocycles. The van der Waals surface area contributed by atoms with E-state index in [1.165, 1.54) is 24.5 Å². The van der Waals surface area contributed by atoms with Gasteiger partial charge in [0.25, 0.3) is 0 Å². The van der Waals surface area contributed by atoms with E-state index in [0.717, 1.165) is 16.7 Å². The number of benzene rings is 1. The topological polar surface area (TPSA) is 111 Å². The molecule has 0 radical (unpaired) electrons. The van der Waals surface area contributed by atoms with Crippen molar-refractivity contribution in [2.24, 2.45) is 0 Å². The Morgan fingerprint density at radius 2 is 1.76 bits per heavy atom. The van der Waals surface area contributed by atoms with Crippen molar-refractivity contribution >= 4 is 5.97 Å². The SMILES string of the molecule is O=C([O-])C[C@H](O)C[C@H](O)CCn1c(C(F)(F)F)nc(-c2ccc(F)cc2)c1-c1cccnc1.[Na+]. The molecule has 0 aliphatic carbocycles. The van der Waals surface area contributed by atoms with Crippen molar-refractivity contribution in [3.63, 3.8) is 0 Å². The Balaban J connectivity index is 0.00000408. The molecule has 2 aromatic heterocycles. The zero-order chi connectivity index (χ0) is 24.2. The molecular weight excluding hydrogens is 469 g/mol.